The number of allylic oxidation sites excluding steroid dienone is 14. The van der Waals surface area contributed by atoms with Crippen molar-refractivity contribution in [3.8, 4) is 0 Å². The topological polar surface area (TPSA) is 37.3 Å². The predicted molar refractivity (Wildman–Crippen MR) is 160 cm³/mol. The van der Waals surface area contributed by atoms with E-state index >= 15 is 0 Å². The van der Waals surface area contributed by atoms with E-state index in [1.807, 2.05) is 0 Å². The zero-order chi connectivity index (χ0) is 26.2. The predicted octanol–water partition coefficient (Wildman–Crippen LogP) is 11.0. The molecule has 0 fully saturated rings. The molecule has 0 aromatic heterocycles. The van der Waals surface area contributed by atoms with Gasteiger partial charge in [-0.05, 0) is 64.2 Å². The quantitative estimate of drug-likeness (QED) is 0.101. The van der Waals surface area contributed by atoms with Crippen LogP contribution in [0.15, 0.2) is 85.1 Å². The Morgan fingerprint density at radius 1 is 0.444 bits per heavy atom. The summed E-state index contributed by atoms with van der Waals surface area (Å²) in [6.45, 7) is 2.16. The Bertz CT molecular complexity index is 673. The van der Waals surface area contributed by atoms with Crippen LogP contribution in [0.3, 0.4) is 0 Å². The zero-order valence-corrected chi connectivity index (χ0v) is 23.2. The molecule has 0 aromatic carbocycles. The largest absolute Gasteiger partial charge is 0.481 e. The highest BCUT2D eigenvalue weighted by molar-refractivity contribution is 5.66. The van der Waals surface area contributed by atoms with Gasteiger partial charge in [-0.15, -0.1) is 0 Å². The van der Waals surface area contributed by atoms with Gasteiger partial charge in [-0.3, -0.25) is 4.79 Å². The summed E-state index contributed by atoms with van der Waals surface area (Å²) in [6, 6.07) is 0. The molecule has 0 radical (unpaired) electrons. The molecule has 0 aliphatic heterocycles. The highest BCUT2D eigenvalue weighted by Gasteiger charge is 1.96. The molecule has 0 aliphatic carbocycles. The van der Waals surface area contributed by atoms with Gasteiger partial charge in [0, 0.05) is 6.42 Å². The fourth-order valence-electron chi connectivity index (χ4n) is 3.69. The van der Waals surface area contributed by atoms with Crippen LogP contribution in [0.25, 0.3) is 0 Å². The lowest BCUT2D eigenvalue weighted by molar-refractivity contribution is -0.137. The normalized spacial score (nSPS) is 12.9. The van der Waals surface area contributed by atoms with Crippen LogP contribution in [-0.2, 0) is 4.79 Å². The average Bonchev–Trinajstić information content (AvgIpc) is 2.87. The zero-order valence-electron chi connectivity index (χ0n) is 23.2. The van der Waals surface area contributed by atoms with Crippen molar-refractivity contribution < 1.29 is 9.90 Å². The van der Waals surface area contributed by atoms with Gasteiger partial charge in [0.15, 0.2) is 0 Å². The molecule has 2 nitrogen and oxygen atoms in total. The molecular formula is C34H54O2. The molecule has 36 heavy (non-hydrogen) atoms. The molecule has 0 saturated heterocycles. The second-order valence-corrected chi connectivity index (χ2v) is 9.24. The molecule has 2 heteroatoms. The highest BCUT2D eigenvalue weighted by atomic mass is 16.4. The lowest BCUT2D eigenvalue weighted by Crippen LogP contribution is -1.93. The molecule has 0 bridgehead atoms. The molecule has 0 unspecified atom stereocenters. The first-order chi connectivity index (χ1) is 17.8. The molecule has 0 aromatic rings. The molecule has 0 heterocycles. The molecule has 0 atom stereocenters. The molecule has 0 spiro atoms. The summed E-state index contributed by atoms with van der Waals surface area (Å²) < 4.78 is 0. The van der Waals surface area contributed by atoms with Gasteiger partial charge in [0.25, 0.3) is 0 Å². The van der Waals surface area contributed by atoms with E-state index in [1.165, 1.54) is 51.4 Å². The molecule has 0 amide bonds. The fourth-order valence-corrected chi connectivity index (χ4v) is 3.69. The van der Waals surface area contributed by atoms with E-state index in [9.17, 15) is 4.79 Å². The number of rotatable bonds is 25. The lowest BCUT2D eigenvalue weighted by Gasteiger charge is -2.01. The number of hydrogen-bond donors (Lipinski definition) is 1. The first-order valence-electron chi connectivity index (χ1n) is 14.5. The van der Waals surface area contributed by atoms with Crippen molar-refractivity contribution in [2.75, 3.05) is 0 Å². The van der Waals surface area contributed by atoms with Gasteiger partial charge in [-0.2, -0.15) is 0 Å². The summed E-state index contributed by atoms with van der Waals surface area (Å²) in [6.07, 6.45) is 51.1. The minimum atomic E-state index is -0.665. The Morgan fingerprint density at radius 2 is 0.750 bits per heavy atom. The Labute approximate surface area is 223 Å². The first-order valence-corrected chi connectivity index (χ1v) is 14.5. The summed E-state index contributed by atoms with van der Waals surface area (Å²) in [5, 5.41) is 8.61. The Balaban J connectivity index is 3.42. The van der Waals surface area contributed by atoms with Crippen LogP contribution in [0.2, 0.25) is 0 Å². The number of carboxylic acids is 1. The average molecular weight is 495 g/mol. The van der Waals surface area contributed by atoms with Crippen LogP contribution in [0.1, 0.15) is 122 Å². The minimum absolute atomic E-state index is 0.327. The smallest absolute Gasteiger partial charge is 0.303 e. The summed E-state index contributed by atoms with van der Waals surface area (Å²) >= 11 is 0. The Morgan fingerprint density at radius 3 is 1.11 bits per heavy atom. The van der Waals surface area contributed by atoms with Gasteiger partial charge in [0.1, 0.15) is 0 Å². The third kappa shape index (κ3) is 31.6. The summed E-state index contributed by atoms with van der Waals surface area (Å²) in [5.41, 5.74) is 0. The van der Waals surface area contributed by atoms with Crippen LogP contribution < -0.4 is 0 Å². The van der Waals surface area contributed by atoms with Gasteiger partial charge in [-0.1, -0.05) is 137 Å². The number of carbonyl (C=O) groups is 1. The maximum absolute atomic E-state index is 10.4. The molecule has 1 N–H and O–H groups in total. The Kier molecular flexibility index (Phi) is 28.7. The Hall–Kier alpha value is -2.35. The molecule has 0 aliphatic rings. The fraction of sp³-hybridized carbons (Fsp3) is 0.559. The van der Waals surface area contributed by atoms with Crippen molar-refractivity contribution in [3.63, 3.8) is 0 Å². The second-order valence-electron chi connectivity index (χ2n) is 9.24. The molecule has 0 saturated carbocycles. The van der Waals surface area contributed by atoms with E-state index in [0.717, 1.165) is 57.8 Å². The standard InChI is InChI=1S/C34H54O2/c1-2-3-4-5-6-7-8-9-10-11-12-13-14-15-16-17-18-19-20-21-22-23-24-25-26-27-28-29-30-31-32-33-34(35)36/h3-4,6-7,9-10,12-13,15-16,18-19,21-22H,2,5,8,11,14,17,20,23-33H2,1H3,(H,35,36)/b4-3-,7-6-,10-9-,13-12-,16-15-,19-18-,22-21-. The highest BCUT2D eigenvalue weighted by Crippen LogP contribution is 2.11. The van der Waals surface area contributed by atoms with E-state index in [-0.39, 0.29) is 0 Å². The lowest BCUT2D eigenvalue weighted by atomic mass is 10.1. The third-order valence-corrected chi connectivity index (χ3v) is 5.80. The van der Waals surface area contributed by atoms with E-state index in [1.54, 1.807) is 0 Å². The summed E-state index contributed by atoms with van der Waals surface area (Å²) in [7, 11) is 0. The third-order valence-electron chi connectivity index (χ3n) is 5.80. The van der Waals surface area contributed by atoms with Crippen molar-refractivity contribution in [2.24, 2.45) is 0 Å². The van der Waals surface area contributed by atoms with E-state index < -0.39 is 5.97 Å². The first kappa shape index (κ1) is 33.7. The van der Waals surface area contributed by atoms with Crippen LogP contribution in [0, 0.1) is 0 Å². The van der Waals surface area contributed by atoms with Crippen molar-refractivity contribution in [1.29, 1.82) is 0 Å². The van der Waals surface area contributed by atoms with Gasteiger partial charge in [0.2, 0.25) is 0 Å². The van der Waals surface area contributed by atoms with Crippen molar-refractivity contribution in [3.05, 3.63) is 85.1 Å². The van der Waals surface area contributed by atoms with Gasteiger partial charge in [-0.25, -0.2) is 0 Å². The molecule has 0 rings (SSSR count). The number of aliphatic carboxylic acids is 1. The second kappa shape index (κ2) is 30.7. The maximum Gasteiger partial charge on any atom is 0.303 e. The number of carboxylic acid groups (broad SMARTS) is 1. The maximum atomic E-state index is 10.4. The molecule has 202 valence electrons. The minimum Gasteiger partial charge on any atom is -0.481 e. The number of hydrogen-bond acceptors (Lipinski definition) is 1. The van der Waals surface area contributed by atoms with Crippen LogP contribution in [-0.4, -0.2) is 11.1 Å². The van der Waals surface area contributed by atoms with E-state index in [2.05, 4.69) is 92.0 Å². The number of unbranched alkanes of at least 4 members (excludes halogenated alkanes) is 9. The molecular weight excluding hydrogens is 440 g/mol. The SMILES string of the molecule is CC/C=C\C/C=C\C/C=C\C/C=C\C/C=C\C/C=C\C/C=C\CCCCCCCCCCCC(=O)O. The van der Waals surface area contributed by atoms with E-state index in [4.69, 9.17) is 5.11 Å². The van der Waals surface area contributed by atoms with Crippen molar-refractivity contribution in [2.45, 2.75) is 122 Å². The van der Waals surface area contributed by atoms with Crippen LogP contribution in [0.4, 0.5) is 0 Å². The van der Waals surface area contributed by atoms with Gasteiger partial charge < -0.3 is 5.11 Å². The van der Waals surface area contributed by atoms with Crippen LogP contribution >= 0.6 is 0 Å². The van der Waals surface area contributed by atoms with Gasteiger partial charge >= 0.3 is 5.97 Å². The van der Waals surface area contributed by atoms with Crippen molar-refractivity contribution in [1.82, 2.24) is 0 Å². The van der Waals surface area contributed by atoms with Gasteiger partial charge in [0.05, 0.1) is 0 Å². The summed E-state index contributed by atoms with van der Waals surface area (Å²) in [5.74, 6) is -0.665. The van der Waals surface area contributed by atoms with Crippen molar-refractivity contribution >= 4 is 5.97 Å². The van der Waals surface area contributed by atoms with E-state index in [0.29, 0.717) is 6.42 Å². The van der Waals surface area contributed by atoms with Crippen LogP contribution in [0.5, 0.6) is 0 Å². The monoisotopic (exact) mass is 494 g/mol. The summed E-state index contributed by atoms with van der Waals surface area (Å²) in [4.78, 5) is 10.4.